The smallest absolute Gasteiger partial charge is 0.0715 e. The first-order valence-electron chi connectivity index (χ1n) is 5.53. The van der Waals surface area contributed by atoms with Crippen LogP contribution in [0.15, 0.2) is 6.20 Å². The first-order valence-corrected chi connectivity index (χ1v) is 5.53. The predicted octanol–water partition coefficient (Wildman–Crippen LogP) is 2.05. The summed E-state index contributed by atoms with van der Waals surface area (Å²) in [5.74, 6) is 0. The van der Waals surface area contributed by atoms with E-state index in [2.05, 4.69) is 16.7 Å². The van der Waals surface area contributed by atoms with Crippen LogP contribution in [0.5, 0.6) is 0 Å². The molecule has 1 saturated carbocycles. The minimum Gasteiger partial charge on any atom is -0.392 e. The molecule has 3 heteroatoms. The Morgan fingerprint density at radius 1 is 1.50 bits per heavy atom. The van der Waals surface area contributed by atoms with Crippen molar-refractivity contribution >= 4 is 0 Å². The molecule has 1 aliphatic carbocycles. The van der Waals surface area contributed by atoms with Gasteiger partial charge in [0.1, 0.15) is 0 Å². The van der Waals surface area contributed by atoms with Gasteiger partial charge in [-0.2, -0.15) is 5.10 Å². The summed E-state index contributed by atoms with van der Waals surface area (Å²) in [7, 11) is 0. The first kappa shape index (κ1) is 9.71. The number of hydrogen-bond acceptors (Lipinski definition) is 2. The van der Waals surface area contributed by atoms with Gasteiger partial charge in [-0.1, -0.05) is 19.8 Å². The number of aliphatic hydroxyl groups excluding tert-OH is 1. The van der Waals surface area contributed by atoms with Gasteiger partial charge in [0.05, 0.1) is 18.8 Å². The monoisotopic (exact) mass is 194 g/mol. The van der Waals surface area contributed by atoms with Gasteiger partial charge in [-0.05, 0) is 19.3 Å². The molecule has 1 aromatic rings. The molecule has 2 rings (SSSR count). The first-order chi connectivity index (χ1) is 6.86. The van der Waals surface area contributed by atoms with Gasteiger partial charge in [0, 0.05) is 11.3 Å². The van der Waals surface area contributed by atoms with E-state index in [1.54, 1.807) is 0 Å². The van der Waals surface area contributed by atoms with Crippen molar-refractivity contribution < 1.29 is 5.11 Å². The third-order valence-electron chi connectivity index (χ3n) is 3.16. The van der Waals surface area contributed by atoms with Crippen molar-refractivity contribution in [2.75, 3.05) is 0 Å². The molecule has 0 unspecified atom stereocenters. The van der Waals surface area contributed by atoms with E-state index in [9.17, 15) is 0 Å². The third kappa shape index (κ3) is 1.57. The molecular weight excluding hydrogens is 176 g/mol. The molecule has 0 radical (unpaired) electrons. The maximum Gasteiger partial charge on any atom is 0.0715 e. The minimum atomic E-state index is 0.121. The molecule has 1 aliphatic rings. The Bertz CT molecular complexity index is 300. The molecule has 0 spiro atoms. The van der Waals surface area contributed by atoms with Crippen LogP contribution in [0.4, 0.5) is 0 Å². The second kappa shape index (κ2) is 4.13. The highest BCUT2D eigenvalue weighted by atomic mass is 16.3. The zero-order chi connectivity index (χ0) is 9.97. The van der Waals surface area contributed by atoms with Gasteiger partial charge in [0.25, 0.3) is 0 Å². The van der Waals surface area contributed by atoms with Crippen LogP contribution >= 0.6 is 0 Å². The van der Waals surface area contributed by atoms with Gasteiger partial charge < -0.3 is 5.11 Å². The Labute approximate surface area is 84.7 Å². The molecule has 0 saturated heterocycles. The molecule has 0 aliphatic heterocycles. The summed E-state index contributed by atoms with van der Waals surface area (Å²) in [6.07, 6.45) is 7.92. The van der Waals surface area contributed by atoms with Crippen LogP contribution in [0.3, 0.4) is 0 Å². The zero-order valence-electron chi connectivity index (χ0n) is 8.74. The molecule has 1 heterocycles. The molecule has 14 heavy (non-hydrogen) atoms. The lowest BCUT2D eigenvalue weighted by Gasteiger charge is -2.13. The topological polar surface area (TPSA) is 38.1 Å². The lowest BCUT2D eigenvalue weighted by Crippen LogP contribution is -2.10. The Kier molecular flexibility index (Phi) is 2.87. The van der Waals surface area contributed by atoms with Gasteiger partial charge >= 0.3 is 0 Å². The van der Waals surface area contributed by atoms with E-state index >= 15 is 0 Å². The van der Waals surface area contributed by atoms with Crippen LogP contribution in [0.2, 0.25) is 0 Å². The summed E-state index contributed by atoms with van der Waals surface area (Å²) >= 11 is 0. The highest BCUT2D eigenvalue weighted by molar-refractivity contribution is 5.17. The van der Waals surface area contributed by atoms with Crippen molar-refractivity contribution in [3.63, 3.8) is 0 Å². The van der Waals surface area contributed by atoms with Crippen molar-refractivity contribution in [2.24, 2.45) is 0 Å². The minimum absolute atomic E-state index is 0.121. The van der Waals surface area contributed by atoms with Gasteiger partial charge in [0.15, 0.2) is 0 Å². The van der Waals surface area contributed by atoms with Crippen molar-refractivity contribution in [2.45, 2.75) is 51.7 Å². The fourth-order valence-corrected chi connectivity index (χ4v) is 2.41. The second-order valence-corrected chi connectivity index (χ2v) is 4.01. The van der Waals surface area contributed by atoms with E-state index < -0.39 is 0 Å². The average molecular weight is 194 g/mol. The van der Waals surface area contributed by atoms with Crippen molar-refractivity contribution in [3.05, 3.63) is 17.5 Å². The summed E-state index contributed by atoms with van der Waals surface area (Å²) in [5.41, 5.74) is 2.22. The van der Waals surface area contributed by atoms with Crippen molar-refractivity contribution in [1.29, 1.82) is 0 Å². The van der Waals surface area contributed by atoms with Crippen molar-refractivity contribution in [3.8, 4) is 0 Å². The quantitative estimate of drug-likeness (QED) is 0.799. The lowest BCUT2D eigenvalue weighted by molar-refractivity contribution is 0.280. The summed E-state index contributed by atoms with van der Waals surface area (Å²) < 4.78 is 2.14. The largest absolute Gasteiger partial charge is 0.392 e. The molecule has 1 fully saturated rings. The Morgan fingerprint density at radius 3 is 2.79 bits per heavy atom. The zero-order valence-corrected chi connectivity index (χ0v) is 8.74. The Hall–Kier alpha value is -0.830. The number of nitrogens with zero attached hydrogens (tertiary/aromatic N) is 2. The molecule has 3 nitrogen and oxygen atoms in total. The summed E-state index contributed by atoms with van der Waals surface area (Å²) in [5, 5.41) is 13.5. The molecule has 1 N–H and O–H groups in total. The number of aliphatic hydroxyl groups is 1. The number of hydrogen-bond donors (Lipinski definition) is 1. The second-order valence-electron chi connectivity index (χ2n) is 4.01. The highest BCUT2D eigenvalue weighted by Crippen LogP contribution is 2.30. The van der Waals surface area contributed by atoms with Crippen LogP contribution in [0.1, 0.15) is 49.9 Å². The number of rotatable bonds is 3. The SMILES string of the molecule is CCc1c(CO)cnn1C1CCCC1. The summed E-state index contributed by atoms with van der Waals surface area (Å²) in [6.45, 7) is 2.25. The summed E-state index contributed by atoms with van der Waals surface area (Å²) in [4.78, 5) is 0. The van der Waals surface area contributed by atoms with Crippen LogP contribution in [-0.4, -0.2) is 14.9 Å². The van der Waals surface area contributed by atoms with Crippen LogP contribution < -0.4 is 0 Å². The van der Waals surface area contributed by atoms with Gasteiger partial charge in [-0.15, -0.1) is 0 Å². The highest BCUT2D eigenvalue weighted by Gasteiger charge is 2.20. The molecule has 0 amide bonds. The van der Waals surface area contributed by atoms with E-state index in [-0.39, 0.29) is 6.61 Å². The van der Waals surface area contributed by atoms with E-state index in [0.717, 1.165) is 12.0 Å². The fraction of sp³-hybridized carbons (Fsp3) is 0.727. The lowest BCUT2D eigenvalue weighted by atomic mass is 10.2. The maximum absolute atomic E-state index is 9.15. The predicted molar refractivity (Wildman–Crippen MR) is 55.0 cm³/mol. The molecule has 1 aromatic heterocycles. The van der Waals surface area contributed by atoms with Gasteiger partial charge in [-0.3, -0.25) is 4.68 Å². The van der Waals surface area contributed by atoms with E-state index in [0.29, 0.717) is 6.04 Å². The molecule has 0 bridgehead atoms. The Morgan fingerprint density at radius 2 is 2.21 bits per heavy atom. The molecular formula is C11H18N2O. The summed E-state index contributed by atoms with van der Waals surface area (Å²) in [6, 6.07) is 0.588. The number of aromatic nitrogens is 2. The van der Waals surface area contributed by atoms with Crippen LogP contribution in [-0.2, 0) is 13.0 Å². The standard InChI is InChI=1S/C11H18N2O/c1-2-11-9(8-14)7-12-13(11)10-5-3-4-6-10/h7,10,14H,2-6,8H2,1H3. The maximum atomic E-state index is 9.15. The van der Waals surface area contributed by atoms with E-state index in [1.807, 2.05) is 6.20 Å². The molecule has 78 valence electrons. The van der Waals surface area contributed by atoms with Crippen LogP contribution in [0, 0.1) is 0 Å². The normalized spacial score (nSPS) is 17.9. The Balaban J connectivity index is 2.27. The van der Waals surface area contributed by atoms with Gasteiger partial charge in [0.2, 0.25) is 0 Å². The van der Waals surface area contributed by atoms with E-state index in [4.69, 9.17) is 5.11 Å². The van der Waals surface area contributed by atoms with Crippen molar-refractivity contribution in [1.82, 2.24) is 9.78 Å². The third-order valence-corrected chi connectivity index (χ3v) is 3.16. The fourth-order valence-electron chi connectivity index (χ4n) is 2.41. The van der Waals surface area contributed by atoms with Gasteiger partial charge in [-0.25, -0.2) is 0 Å². The van der Waals surface area contributed by atoms with E-state index in [1.165, 1.54) is 31.4 Å². The van der Waals surface area contributed by atoms with Crippen LogP contribution in [0.25, 0.3) is 0 Å². The molecule has 0 atom stereocenters. The average Bonchev–Trinajstić information content (AvgIpc) is 2.85. The molecule has 0 aromatic carbocycles.